The summed E-state index contributed by atoms with van der Waals surface area (Å²) in [6, 6.07) is 5.89. The van der Waals surface area contributed by atoms with Crippen LogP contribution in [0.15, 0.2) is 22.7 Å². The lowest BCUT2D eigenvalue weighted by atomic mass is 9.86. The maximum atomic E-state index is 11.8. The molecule has 104 valence electrons. The quantitative estimate of drug-likeness (QED) is 0.886. The van der Waals surface area contributed by atoms with Crippen LogP contribution in [0.1, 0.15) is 29.2 Å². The molecule has 1 amide bonds. The van der Waals surface area contributed by atoms with Crippen LogP contribution in [0.3, 0.4) is 0 Å². The number of aromatic amines is 1. The number of aryl methyl sites for hydroxylation is 1. The summed E-state index contributed by atoms with van der Waals surface area (Å²) in [5.74, 6) is 1.41. The number of anilines is 1. The minimum Gasteiger partial charge on any atom is -0.496 e. The molecule has 1 aromatic heterocycles. The maximum absolute atomic E-state index is 11.8. The van der Waals surface area contributed by atoms with Gasteiger partial charge in [0.15, 0.2) is 5.82 Å². The van der Waals surface area contributed by atoms with Crippen molar-refractivity contribution < 1.29 is 9.53 Å². The van der Waals surface area contributed by atoms with E-state index < -0.39 is 0 Å². The number of carbonyl (C=O) groups excluding carboxylic acids is 1. The second-order valence-electron chi connectivity index (χ2n) is 4.81. The molecule has 2 N–H and O–H groups in total. The molecule has 1 aliphatic heterocycles. The number of rotatable bonds is 2. The molecule has 20 heavy (non-hydrogen) atoms. The number of halogens is 1. The van der Waals surface area contributed by atoms with E-state index in [4.69, 9.17) is 4.74 Å². The summed E-state index contributed by atoms with van der Waals surface area (Å²) in [6.45, 7) is 1.97. The fraction of sp³-hybridized carbons (Fsp3) is 0.286. The van der Waals surface area contributed by atoms with Gasteiger partial charge >= 0.3 is 0 Å². The molecule has 0 saturated heterocycles. The van der Waals surface area contributed by atoms with Crippen LogP contribution < -0.4 is 10.1 Å². The van der Waals surface area contributed by atoms with Gasteiger partial charge in [0.05, 0.1) is 11.6 Å². The second-order valence-corrected chi connectivity index (χ2v) is 5.66. The lowest BCUT2D eigenvalue weighted by Gasteiger charge is -2.23. The van der Waals surface area contributed by atoms with Gasteiger partial charge in [-0.25, -0.2) is 0 Å². The molecule has 5 nitrogen and oxygen atoms in total. The molecule has 0 bridgehead atoms. The predicted octanol–water partition coefficient (Wildman–Crippen LogP) is 2.96. The Morgan fingerprint density at radius 2 is 2.25 bits per heavy atom. The van der Waals surface area contributed by atoms with E-state index in [1.54, 1.807) is 7.11 Å². The van der Waals surface area contributed by atoms with Gasteiger partial charge in [-0.05, 0) is 40.5 Å². The Morgan fingerprint density at radius 3 is 2.95 bits per heavy atom. The summed E-state index contributed by atoms with van der Waals surface area (Å²) in [7, 11) is 1.63. The highest BCUT2D eigenvalue weighted by Crippen LogP contribution is 2.39. The largest absolute Gasteiger partial charge is 0.496 e. The number of fused-ring (bicyclic) bond motifs is 1. The molecule has 0 aliphatic carbocycles. The third-order valence-corrected chi connectivity index (χ3v) is 4.19. The van der Waals surface area contributed by atoms with Crippen molar-refractivity contribution in [3.05, 3.63) is 39.5 Å². The topological polar surface area (TPSA) is 67.0 Å². The van der Waals surface area contributed by atoms with Crippen LogP contribution in [0.25, 0.3) is 0 Å². The fourth-order valence-electron chi connectivity index (χ4n) is 2.61. The Hall–Kier alpha value is -1.82. The Kier molecular flexibility index (Phi) is 3.25. The highest BCUT2D eigenvalue weighted by atomic mass is 79.9. The van der Waals surface area contributed by atoms with Crippen molar-refractivity contribution in [2.75, 3.05) is 12.4 Å². The summed E-state index contributed by atoms with van der Waals surface area (Å²) in [5, 5.41) is 9.88. The van der Waals surface area contributed by atoms with Gasteiger partial charge in [-0.3, -0.25) is 9.89 Å². The van der Waals surface area contributed by atoms with Crippen molar-refractivity contribution in [2.45, 2.75) is 19.3 Å². The minimum atomic E-state index is -0.0130. The van der Waals surface area contributed by atoms with E-state index in [1.165, 1.54) is 0 Å². The van der Waals surface area contributed by atoms with Crippen LogP contribution in [0.4, 0.5) is 5.82 Å². The van der Waals surface area contributed by atoms with Crippen molar-refractivity contribution in [1.29, 1.82) is 0 Å². The molecule has 1 unspecified atom stereocenters. The van der Waals surface area contributed by atoms with Crippen LogP contribution >= 0.6 is 15.9 Å². The number of hydrogen-bond acceptors (Lipinski definition) is 3. The van der Waals surface area contributed by atoms with E-state index in [2.05, 4.69) is 31.4 Å². The van der Waals surface area contributed by atoms with Crippen LogP contribution in [0.5, 0.6) is 5.75 Å². The van der Waals surface area contributed by atoms with Crippen LogP contribution in [0, 0.1) is 6.92 Å². The first kappa shape index (κ1) is 13.2. The molecule has 1 aliphatic rings. The summed E-state index contributed by atoms with van der Waals surface area (Å²) >= 11 is 3.49. The van der Waals surface area contributed by atoms with E-state index in [1.807, 2.05) is 25.1 Å². The molecular formula is C14H14BrN3O2. The smallest absolute Gasteiger partial charge is 0.226 e. The number of H-pyrrole nitrogens is 1. The number of benzene rings is 1. The first-order valence-corrected chi connectivity index (χ1v) is 7.07. The number of nitrogens with zero attached hydrogens (tertiary/aromatic N) is 1. The number of hydrogen-bond donors (Lipinski definition) is 2. The first-order valence-electron chi connectivity index (χ1n) is 6.28. The molecule has 1 atom stereocenters. The number of nitrogens with one attached hydrogen (secondary N) is 2. The van der Waals surface area contributed by atoms with Gasteiger partial charge in [-0.2, -0.15) is 5.10 Å². The molecule has 2 heterocycles. The van der Waals surface area contributed by atoms with Crippen molar-refractivity contribution in [2.24, 2.45) is 0 Å². The van der Waals surface area contributed by atoms with Gasteiger partial charge in [0, 0.05) is 23.6 Å². The van der Waals surface area contributed by atoms with Gasteiger partial charge in [-0.15, -0.1) is 0 Å². The third kappa shape index (κ3) is 2.10. The molecule has 2 aromatic rings. The Bertz CT molecular complexity index is 681. The van der Waals surface area contributed by atoms with Gasteiger partial charge in [0.25, 0.3) is 0 Å². The Balaban J connectivity index is 2.08. The summed E-state index contributed by atoms with van der Waals surface area (Å²) in [4.78, 5) is 11.8. The van der Waals surface area contributed by atoms with E-state index in [-0.39, 0.29) is 11.8 Å². The van der Waals surface area contributed by atoms with Crippen LogP contribution in [-0.4, -0.2) is 23.2 Å². The Labute approximate surface area is 124 Å². The average molecular weight is 336 g/mol. The normalized spacial score (nSPS) is 17.6. The molecule has 0 saturated carbocycles. The van der Waals surface area contributed by atoms with Gasteiger partial charge in [0.2, 0.25) is 5.91 Å². The maximum Gasteiger partial charge on any atom is 0.226 e. The fourth-order valence-corrected chi connectivity index (χ4v) is 3.17. The molecule has 0 spiro atoms. The van der Waals surface area contributed by atoms with Crippen molar-refractivity contribution in [3.63, 3.8) is 0 Å². The molecule has 3 rings (SSSR count). The van der Waals surface area contributed by atoms with Crippen molar-refractivity contribution in [3.8, 4) is 5.75 Å². The monoisotopic (exact) mass is 335 g/mol. The molecular weight excluding hydrogens is 322 g/mol. The van der Waals surface area contributed by atoms with E-state index in [9.17, 15) is 4.79 Å². The van der Waals surface area contributed by atoms with Gasteiger partial charge in [0.1, 0.15) is 5.75 Å². The predicted molar refractivity (Wildman–Crippen MR) is 79.1 cm³/mol. The lowest BCUT2D eigenvalue weighted by Crippen LogP contribution is -2.23. The SMILES string of the molecule is COc1ccc(C2CC(=O)Nc3n[nH]c(C)c32)cc1Br. The van der Waals surface area contributed by atoms with Gasteiger partial charge in [-0.1, -0.05) is 6.07 Å². The van der Waals surface area contributed by atoms with E-state index in [0.29, 0.717) is 12.2 Å². The molecule has 0 fully saturated rings. The highest BCUT2D eigenvalue weighted by Gasteiger charge is 2.30. The minimum absolute atomic E-state index is 0.0130. The molecule has 1 aromatic carbocycles. The number of ether oxygens (including phenoxy) is 1. The average Bonchev–Trinajstić information content (AvgIpc) is 2.79. The summed E-state index contributed by atoms with van der Waals surface area (Å²) in [6.07, 6.45) is 0.423. The zero-order valence-electron chi connectivity index (χ0n) is 11.2. The van der Waals surface area contributed by atoms with Crippen molar-refractivity contribution in [1.82, 2.24) is 10.2 Å². The lowest BCUT2D eigenvalue weighted by molar-refractivity contribution is -0.116. The zero-order chi connectivity index (χ0) is 14.3. The summed E-state index contributed by atoms with van der Waals surface area (Å²) < 4.78 is 6.12. The summed E-state index contributed by atoms with van der Waals surface area (Å²) in [5.41, 5.74) is 3.11. The van der Waals surface area contributed by atoms with Crippen LogP contribution in [-0.2, 0) is 4.79 Å². The van der Waals surface area contributed by atoms with E-state index >= 15 is 0 Å². The highest BCUT2D eigenvalue weighted by molar-refractivity contribution is 9.10. The number of aromatic nitrogens is 2. The van der Waals surface area contributed by atoms with Crippen LogP contribution in [0.2, 0.25) is 0 Å². The number of methoxy groups -OCH3 is 1. The third-order valence-electron chi connectivity index (χ3n) is 3.57. The number of carbonyl (C=O) groups is 1. The number of amides is 1. The standard InChI is InChI=1S/C14H14BrN3O2/c1-7-13-9(6-12(19)16-14(13)18-17-7)8-3-4-11(20-2)10(15)5-8/h3-5,9H,6H2,1-2H3,(H2,16,17,18,19). The Morgan fingerprint density at radius 1 is 1.45 bits per heavy atom. The first-order chi connectivity index (χ1) is 9.60. The zero-order valence-corrected chi connectivity index (χ0v) is 12.7. The van der Waals surface area contributed by atoms with Gasteiger partial charge < -0.3 is 10.1 Å². The molecule has 6 heteroatoms. The van der Waals surface area contributed by atoms with E-state index in [0.717, 1.165) is 27.0 Å². The second kappa shape index (κ2) is 4.94. The van der Waals surface area contributed by atoms with Crippen molar-refractivity contribution >= 4 is 27.7 Å². The molecule has 0 radical (unpaired) electrons.